The van der Waals surface area contributed by atoms with E-state index in [4.69, 9.17) is 11.6 Å². The van der Waals surface area contributed by atoms with Gasteiger partial charge in [-0.05, 0) is 54.7 Å². The molecule has 2 aromatic carbocycles. The minimum atomic E-state index is -0.332. The molecule has 0 fully saturated rings. The molecule has 1 N–H and O–H groups in total. The lowest BCUT2D eigenvalue weighted by atomic mass is 9.99. The highest BCUT2D eigenvalue weighted by Crippen LogP contribution is 2.22. The lowest BCUT2D eigenvalue weighted by Gasteiger charge is -2.18. The minimum Gasteiger partial charge on any atom is -0.349 e. The summed E-state index contributed by atoms with van der Waals surface area (Å²) in [5, 5.41) is 3.44. The van der Waals surface area contributed by atoms with Crippen LogP contribution in [0.1, 0.15) is 41.6 Å². The van der Waals surface area contributed by atoms with E-state index >= 15 is 0 Å². The number of rotatable bonds is 7. The molecule has 0 aliphatic rings. The largest absolute Gasteiger partial charge is 0.349 e. The van der Waals surface area contributed by atoms with Crippen LogP contribution in [0, 0.1) is 19.7 Å². The molecule has 0 saturated heterocycles. The van der Waals surface area contributed by atoms with E-state index in [0.29, 0.717) is 22.1 Å². The maximum Gasteiger partial charge on any atom is 0.230 e. The molecule has 0 aromatic heterocycles. The molecule has 25 heavy (non-hydrogen) atoms. The average molecular weight is 380 g/mol. The number of hydrogen-bond donors (Lipinski definition) is 1. The van der Waals surface area contributed by atoms with Crippen molar-refractivity contribution in [2.45, 2.75) is 39.0 Å². The lowest BCUT2D eigenvalue weighted by molar-refractivity contribution is -0.119. The molecule has 0 radical (unpaired) electrons. The number of nitrogens with one attached hydrogen (secondary N) is 1. The molecule has 2 nitrogen and oxygen atoms in total. The van der Waals surface area contributed by atoms with E-state index in [-0.39, 0.29) is 17.8 Å². The Bertz CT molecular complexity index is 750. The molecule has 2 aromatic rings. The zero-order valence-corrected chi connectivity index (χ0v) is 16.3. The molecule has 1 atom stereocenters. The number of hydrogen-bond acceptors (Lipinski definition) is 2. The van der Waals surface area contributed by atoms with Gasteiger partial charge < -0.3 is 5.32 Å². The van der Waals surface area contributed by atoms with Crippen molar-refractivity contribution in [2.75, 3.05) is 5.75 Å². The van der Waals surface area contributed by atoms with E-state index in [9.17, 15) is 9.18 Å². The van der Waals surface area contributed by atoms with Crippen molar-refractivity contribution >= 4 is 29.3 Å². The van der Waals surface area contributed by atoms with Crippen LogP contribution in [0.3, 0.4) is 0 Å². The molecule has 0 aliphatic heterocycles. The van der Waals surface area contributed by atoms with Crippen LogP contribution in [0.4, 0.5) is 4.39 Å². The van der Waals surface area contributed by atoms with E-state index in [1.807, 2.05) is 0 Å². The second kappa shape index (κ2) is 9.25. The van der Waals surface area contributed by atoms with Gasteiger partial charge >= 0.3 is 0 Å². The van der Waals surface area contributed by atoms with Crippen LogP contribution >= 0.6 is 23.4 Å². The highest BCUT2D eigenvalue weighted by Gasteiger charge is 2.13. The van der Waals surface area contributed by atoms with Crippen molar-refractivity contribution in [1.29, 1.82) is 0 Å². The summed E-state index contributed by atoms with van der Waals surface area (Å²) < 4.78 is 13.7. The van der Waals surface area contributed by atoms with E-state index in [0.717, 1.165) is 12.0 Å². The van der Waals surface area contributed by atoms with Crippen molar-refractivity contribution in [3.05, 3.63) is 69.5 Å². The number of carbonyl (C=O) groups excluding carboxylic acids is 1. The topological polar surface area (TPSA) is 29.1 Å². The fourth-order valence-corrected chi connectivity index (χ4v) is 3.51. The summed E-state index contributed by atoms with van der Waals surface area (Å²) in [6.45, 7) is 6.20. The monoisotopic (exact) mass is 379 g/mol. The molecule has 0 heterocycles. The number of amides is 1. The first-order valence-corrected chi connectivity index (χ1v) is 9.82. The molecule has 0 spiro atoms. The van der Waals surface area contributed by atoms with Crippen LogP contribution in [0.15, 0.2) is 36.4 Å². The second-order valence-corrected chi connectivity index (χ2v) is 7.52. The summed E-state index contributed by atoms with van der Waals surface area (Å²) >= 11 is 7.14. The van der Waals surface area contributed by atoms with Gasteiger partial charge in [0.05, 0.1) is 11.8 Å². The maximum absolute atomic E-state index is 13.7. The summed E-state index contributed by atoms with van der Waals surface area (Å²) in [5.41, 5.74) is 4.14. The quantitative estimate of drug-likeness (QED) is 0.678. The number of aryl methyl sites for hydroxylation is 2. The first-order chi connectivity index (χ1) is 11.9. The van der Waals surface area contributed by atoms with Gasteiger partial charge in [-0.25, -0.2) is 4.39 Å². The normalized spacial score (nSPS) is 12.0. The summed E-state index contributed by atoms with van der Waals surface area (Å²) in [4.78, 5) is 12.2. The fraction of sp³-hybridized carbons (Fsp3) is 0.350. The van der Waals surface area contributed by atoms with Gasteiger partial charge in [0, 0.05) is 10.8 Å². The average Bonchev–Trinajstić information content (AvgIpc) is 2.57. The molecule has 0 saturated carbocycles. The van der Waals surface area contributed by atoms with Gasteiger partial charge in [0.25, 0.3) is 0 Å². The van der Waals surface area contributed by atoms with Gasteiger partial charge in [-0.15, -0.1) is 11.8 Å². The highest BCUT2D eigenvalue weighted by molar-refractivity contribution is 7.99. The van der Waals surface area contributed by atoms with E-state index in [1.165, 1.54) is 29.0 Å². The molecular formula is C20H23ClFNOS. The Morgan fingerprint density at radius 1 is 1.20 bits per heavy atom. The molecule has 1 amide bonds. The maximum atomic E-state index is 13.7. The Balaban J connectivity index is 1.88. The Morgan fingerprint density at radius 3 is 2.60 bits per heavy atom. The third-order valence-corrected chi connectivity index (χ3v) is 5.40. The number of benzene rings is 2. The van der Waals surface area contributed by atoms with Crippen molar-refractivity contribution in [3.63, 3.8) is 0 Å². The summed E-state index contributed by atoms with van der Waals surface area (Å²) in [7, 11) is 0. The molecule has 2 rings (SSSR count). The second-order valence-electron chi connectivity index (χ2n) is 6.10. The predicted molar refractivity (Wildman–Crippen MR) is 105 cm³/mol. The molecule has 0 bridgehead atoms. The Kier molecular flexibility index (Phi) is 7.33. The Morgan fingerprint density at radius 2 is 1.96 bits per heavy atom. The highest BCUT2D eigenvalue weighted by atomic mass is 35.5. The van der Waals surface area contributed by atoms with E-state index in [2.05, 4.69) is 44.3 Å². The standard InChI is InChI=1S/C20H23ClFNOS/c1-4-19(15-6-5-13(2)14(3)9-15)23-20(24)12-25-11-16-7-8-17(21)10-18(16)22/h5-10,19H,4,11-12H2,1-3H3,(H,23,24)/t19-/m0/s1. The smallest absolute Gasteiger partial charge is 0.230 e. The SMILES string of the molecule is CC[C@H](NC(=O)CSCc1ccc(Cl)cc1F)c1ccc(C)c(C)c1. The Labute approximate surface area is 158 Å². The van der Waals surface area contributed by atoms with Crippen LogP contribution in [0.2, 0.25) is 5.02 Å². The summed E-state index contributed by atoms with van der Waals surface area (Å²) in [5.74, 6) is 0.367. The number of thioether (sulfide) groups is 1. The zero-order chi connectivity index (χ0) is 18.4. The molecule has 5 heteroatoms. The third kappa shape index (κ3) is 5.75. The van der Waals surface area contributed by atoms with Crippen LogP contribution in [-0.4, -0.2) is 11.7 Å². The van der Waals surface area contributed by atoms with Gasteiger partial charge in [-0.3, -0.25) is 4.79 Å². The molecule has 134 valence electrons. The van der Waals surface area contributed by atoms with Crippen LogP contribution in [-0.2, 0) is 10.5 Å². The van der Waals surface area contributed by atoms with E-state index < -0.39 is 0 Å². The Hall–Kier alpha value is -1.52. The first-order valence-electron chi connectivity index (χ1n) is 8.29. The first kappa shape index (κ1) is 19.8. The van der Waals surface area contributed by atoms with Crippen LogP contribution in [0.25, 0.3) is 0 Å². The van der Waals surface area contributed by atoms with E-state index in [1.54, 1.807) is 12.1 Å². The van der Waals surface area contributed by atoms with Crippen molar-refractivity contribution < 1.29 is 9.18 Å². The third-order valence-electron chi connectivity index (χ3n) is 4.18. The molecular weight excluding hydrogens is 357 g/mol. The molecule has 0 unspecified atom stereocenters. The number of carbonyl (C=O) groups is 1. The van der Waals surface area contributed by atoms with Gasteiger partial charge in [-0.1, -0.05) is 42.8 Å². The summed E-state index contributed by atoms with van der Waals surface area (Å²) in [6, 6.07) is 10.9. The lowest BCUT2D eigenvalue weighted by Crippen LogP contribution is -2.29. The van der Waals surface area contributed by atoms with Crippen LogP contribution < -0.4 is 5.32 Å². The van der Waals surface area contributed by atoms with Gasteiger partial charge in [0.1, 0.15) is 5.82 Å². The summed E-state index contributed by atoms with van der Waals surface area (Å²) in [6.07, 6.45) is 0.824. The predicted octanol–water partition coefficient (Wildman–Crippen LogP) is 5.60. The van der Waals surface area contributed by atoms with Crippen molar-refractivity contribution in [3.8, 4) is 0 Å². The molecule has 0 aliphatic carbocycles. The van der Waals surface area contributed by atoms with Crippen molar-refractivity contribution in [1.82, 2.24) is 5.32 Å². The van der Waals surface area contributed by atoms with Crippen molar-refractivity contribution in [2.24, 2.45) is 0 Å². The van der Waals surface area contributed by atoms with Gasteiger partial charge in [0.2, 0.25) is 5.91 Å². The zero-order valence-electron chi connectivity index (χ0n) is 14.7. The van der Waals surface area contributed by atoms with Crippen LogP contribution in [0.5, 0.6) is 0 Å². The minimum absolute atomic E-state index is 0.000307. The van der Waals surface area contributed by atoms with Gasteiger partial charge in [-0.2, -0.15) is 0 Å². The fourth-order valence-electron chi connectivity index (χ4n) is 2.53. The van der Waals surface area contributed by atoms with Gasteiger partial charge in [0.15, 0.2) is 0 Å². The number of halogens is 2.